The predicted octanol–water partition coefficient (Wildman–Crippen LogP) is 2.60. The average molecular weight is 457 g/mol. The molecule has 1 N–H and O–H groups in total. The van der Waals surface area contributed by atoms with Gasteiger partial charge in [0.25, 0.3) is 5.56 Å². The van der Waals surface area contributed by atoms with E-state index < -0.39 is 0 Å². The van der Waals surface area contributed by atoms with Crippen molar-refractivity contribution in [1.82, 2.24) is 34.8 Å². The molecule has 0 spiro atoms. The van der Waals surface area contributed by atoms with Gasteiger partial charge in [-0.25, -0.2) is 14.6 Å². The Bertz CT molecular complexity index is 1320. The van der Waals surface area contributed by atoms with E-state index >= 15 is 0 Å². The lowest BCUT2D eigenvalue weighted by Crippen LogP contribution is -2.29. The summed E-state index contributed by atoms with van der Waals surface area (Å²) in [6, 6.07) is 11.6. The number of aromatic nitrogens is 6. The van der Waals surface area contributed by atoms with Gasteiger partial charge < -0.3 is 10.2 Å². The van der Waals surface area contributed by atoms with Crippen LogP contribution in [0.3, 0.4) is 0 Å². The van der Waals surface area contributed by atoms with Crippen LogP contribution in [0.2, 0.25) is 0 Å². The number of hydrogen-bond donors (Lipinski definition) is 1. The highest BCUT2D eigenvalue weighted by atomic mass is 16.1. The van der Waals surface area contributed by atoms with Crippen LogP contribution >= 0.6 is 0 Å². The molecule has 4 heterocycles. The molecule has 1 fully saturated rings. The van der Waals surface area contributed by atoms with Crippen LogP contribution in [0, 0.1) is 0 Å². The molecule has 1 aliphatic rings. The quantitative estimate of drug-likeness (QED) is 0.477. The van der Waals surface area contributed by atoms with E-state index in [1.54, 1.807) is 12.1 Å². The van der Waals surface area contributed by atoms with Crippen molar-refractivity contribution in [3.63, 3.8) is 0 Å². The van der Waals surface area contributed by atoms with Crippen LogP contribution in [0.1, 0.15) is 24.4 Å². The summed E-state index contributed by atoms with van der Waals surface area (Å²) in [6.07, 6.45) is 9.83. The summed E-state index contributed by atoms with van der Waals surface area (Å²) < 4.78 is 3.53. The number of benzene rings is 1. The van der Waals surface area contributed by atoms with E-state index in [4.69, 9.17) is 0 Å². The van der Waals surface area contributed by atoms with Crippen LogP contribution in [0.15, 0.2) is 66.0 Å². The van der Waals surface area contributed by atoms with Crippen molar-refractivity contribution in [2.45, 2.75) is 25.4 Å². The standard InChI is InChI=1S/C25H28N8O/c1-31(2)23-6-7-24(34)33(30-23)16-18-4-3-5-19(12-18)25-27-13-20(14-28-25)21-15-29-32(17-21)22-8-10-26-11-9-22/h3-7,12-15,17,22,26H,8-11,16H2,1-2H3. The fraction of sp³-hybridized carbons (Fsp3) is 0.320. The normalized spacial score (nSPS) is 14.3. The molecule has 0 unspecified atom stereocenters. The topological polar surface area (TPSA) is 93.8 Å². The Balaban J connectivity index is 1.34. The lowest BCUT2D eigenvalue weighted by atomic mass is 10.1. The van der Waals surface area contributed by atoms with Gasteiger partial charge in [-0.15, -0.1) is 0 Å². The van der Waals surface area contributed by atoms with Crippen molar-refractivity contribution in [3.8, 4) is 22.5 Å². The largest absolute Gasteiger partial charge is 0.361 e. The van der Waals surface area contributed by atoms with E-state index in [-0.39, 0.29) is 5.56 Å². The van der Waals surface area contributed by atoms with Crippen molar-refractivity contribution in [3.05, 3.63) is 77.1 Å². The molecule has 0 saturated carbocycles. The number of rotatable bonds is 6. The number of nitrogens with zero attached hydrogens (tertiary/aromatic N) is 7. The summed E-state index contributed by atoms with van der Waals surface area (Å²) in [6.45, 7) is 2.44. The van der Waals surface area contributed by atoms with Gasteiger partial charge in [0.1, 0.15) is 5.82 Å². The Hall–Kier alpha value is -3.85. The molecule has 9 nitrogen and oxygen atoms in total. The molecule has 1 aromatic carbocycles. The molecule has 0 radical (unpaired) electrons. The van der Waals surface area contributed by atoms with E-state index in [2.05, 4.69) is 36.4 Å². The Morgan fingerprint density at radius 2 is 1.79 bits per heavy atom. The molecular weight excluding hydrogens is 428 g/mol. The maximum atomic E-state index is 12.3. The van der Waals surface area contributed by atoms with Gasteiger partial charge in [0.2, 0.25) is 0 Å². The second kappa shape index (κ2) is 9.56. The zero-order chi connectivity index (χ0) is 23.5. The van der Waals surface area contributed by atoms with Gasteiger partial charge in [-0.1, -0.05) is 18.2 Å². The summed E-state index contributed by atoms with van der Waals surface area (Å²) in [4.78, 5) is 23.4. The number of nitrogens with one attached hydrogen (secondary N) is 1. The molecule has 4 aromatic rings. The van der Waals surface area contributed by atoms with Gasteiger partial charge in [-0.2, -0.15) is 10.2 Å². The van der Waals surface area contributed by atoms with Gasteiger partial charge in [-0.05, 0) is 43.6 Å². The Morgan fingerprint density at radius 1 is 1.00 bits per heavy atom. The SMILES string of the molecule is CN(C)c1ccc(=O)n(Cc2cccc(-c3ncc(-c4cnn(C5CCNCC5)c4)cn3)c2)n1. The highest BCUT2D eigenvalue weighted by Crippen LogP contribution is 2.24. The predicted molar refractivity (Wildman–Crippen MR) is 132 cm³/mol. The van der Waals surface area contributed by atoms with Crippen LogP contribution in [0.4, 0.5) is 5.82 Å². The summed E-state index contributed by atoms with van der Waals surface area (Å²) >= 11 is 0. The molecule has 1 aliphatic heterocycles. The fourth-order valence-corrected chi connectivity index (χ4v) is 4.16. The van der Waals surface area contributed by atoms with E-state index in [0.717, 1.165) is 54.0 Å². The third kappa shape index (κ3) is 4.74. The van der Waals surface area contributed by atoms with Crippen molar-refractivity contribution in [2.24, 2.45) is 0 Å². The van der Waals surface area contributed by atoms with E-state index in [9.17, 15) is 4.79 Å². The average Bonchev–Trinajstić information content (AvgIpc) is 3.37. The van der Waals surface area contributed by atoms with Crippen molar-refractivity contribution in [2.75, 3.05) is 32.1 Å². The fourth-order valence-electron chi connectivity index (χ4n) is 4.16. The molecule has 9 heteroatoms. The first-order valence-electron chi connectivity index (χ1n) is 11.5. The Kier molecular flexibility index (Phi) is 6.18. The Labute approximate surface area is 198 Å². The van der Waals surface area contributed by atoms with Gasteiger partial charge in [0.05, 0.1) is 18.8 Å². The molecule has 174 valence electrons. The maximum Gasteiger partial charge on any atom is 0.267 e. The first-order valence-corrected chi connectivity index (χ1v) is 11.5. The molecule has 0 atom stereocenters. The van der Waals surface area contributed by atoms with Gasteiger partial charge in [0, 0.05) is 55.4 Å². The minimum Gasteiger partial charge on any atom is -0.361 e. The molecule has 5 rings (SSSR count). The zero-order valence-corrected chi connectivity index (χ0v) is 19.4. The monoisotopic (exact) mass is 456 g/mol. The highest BCUT2D eigenvalue weighted by Gasteiger charge is 2.16. The first-order chi connectivity index (χ1) is 16.6. The van der Waals surface area contributed by atoms with Crippen molar-refractivity contribution < 1.29 is 0 Å². The van der Waals surface area contributed by atoms with Crippen LogP contribution in [0.5, 0.6) is 0 Å². The maximum absolute atomic E-state index is 12.3. The van der Waals surface area contributed by atoms with E-state index in [0.29, 0.717) is 18.4 Å². The second-order valence-corrected chi connectivity index (χ2v) is 8.77. The third-order valence-electron chi connectivity index (χ3n) is 6.10. The molecule has 3 aromatic heterocycles. The summed E-state index contributed by atoms with van der Waals surface area (Å²) in [5, 5.41) is 12.4. The molecule has 0 amide bonds. The molecular formula is C25H28N8O. The van der Waals surface area contributed by atoms with Crippen molar-refractivity contribution >= 4 is 5.82 Å². The first kappa shape index (κ1) is 22.0. The second-order valence-electron chi connectivity index (χ2n) is 8.77. The summed E-state index contributed by atoms with van der Waals surface area (Å²) in [5.41, 5.74) is 3.67. The lowest BCUT2D eigenvalue weighted by molar-refractivity contribution is 0.343. The van der Waals surface area contributed by atoms with Gasteiger partial charge in [-0.3, -0.25) is 9.48 Å². The van der Waals surface area contributed by atoms with E-state index in [1.165, 1.54) is 4.68 Å². The summed E-state index contributed by atoms with van der Waals surface area (Å²) in [7, 11) is 3.80. The third-order valence-corrected chi connectivity index (χ3v) is 6.10. The molecule has 1 saturated heterocycles. The van der Waals surface area contributed by atoms with Crippen molar-refractivity contribution in [1.29, 1.82) is 0 Å². The van der Waals surface area contributed by atoms with Crippen LogP contribution in [0.25, 0.3) is 22.5 Å². The van der Waals surface area contributed by atoms with Crippen LogP contribution < -0.4 is 15.8 Å². The smallest absolute Gasteiger partial charge is 0.267 e. The number of piperidine rings is 1. The molecule has 34 heavy (non-hydrogen) atoms. The van der Waals surface area contributed by atoms with Crippen LogP contribution in [-0.4, -0.2) is 56.7 Å². The lowest BCUT2D eigenvalue weighted by Gasteiger charge is -2.22. The minimum absolute atomic E-state index is 0.137. The zero-order valence-electron chi connectivity index (χ0n) is 19.4. The molecule has 0 aliphatic carbocycles. The number of hydrogen-bond acceptors (Lipinski definition) is 7. The molecule has 0 bridgehead atoms. The minimum atomic E-state index is -0.137. The Morgan fingerprint density at radius 3 is 2.56 bits per heavy atom. The highest BCUT2D eigenvalue weighted by molar-refractivity contribution is 5.62. The number of anilines is 1. The van der Waals surface area contributed by atoms with Crippen LogP contribution in [-0.2, 0) is 6.54 Å². The van der Waals surface area contributed by atoms with Gasteiger partial charge >= 0.3 is 0 Å². The summed E-state index contributed by atoms with van der Waals surface area (Å²) in [5.74, 6) is 1.37. The van der Waals surface area contributed by atoms with E-state index in [1.807, 2.05) is 61.9 Å². The van der Waals surface area contributed by atoms with Gasteiger partial charge in [0.15, 0.2) is 5.82 Å².